The molecule has 0 saturated heterocycles. The molecule has 0 fully saturated rings. The summed E-state index contributed by atoms with van der Waals surface area (Å²) in [5.74, 6) is 0. The minimum absolute atomic E-state index is 0.550. The molecule has 19 heavy (non-hydrogen) atoms. The van der Waals surface area contributed by atoms with Crippen LogP contribution in [0.15, 0.2) is 46.2 Å². The highest BCUT2D eigenvalue weighted by atomic mass is 35.5. The number of benzene rings is 2. The summed E-state index contributed by atoms with van der Waals surface area (Å²) >= 11 is 19.8. The molecule has 0 amide bonds. The standard InChI is InChI=1S/C14H12Cl3NS/c15-11-2-1-3-14(10(11)6-7-18)19-9-4-5-12(16)13(17)8-9/h1-5,8H,6-7,18H2. The van der Waals surface area contributed by atoms with E-state index in [1.54, 1.807) is 17.8 Å². The van der Waals surface area contributed by atoms with Gasteiger partial charge in [-0.3, -0.25) is 0 Å². The second kappa shape index (κ2) is 6.87. The van der Waals surface area contributed by atoms with Crippen molar-refractivity contribution in [2.75, 3.05) is 6.54 Å². The van der Waals surface area contributed by atoms with Crippen LogP contribution in [-0.4, -0.2) is 6.54 Å². The second-order valence-corrected chi connectivity index (χ2v) is 6.27. The molecular formula is C14H12Cl3NS. The van der Waals surface area contributed by atoms with Crippen LogP contribution in [0.25, 0.3) is 0 Å². The monoisotopic (exact) mass is 331 g/mol. The van der Waals surface area contributed by atoms with Crippen molar-refractivity contribution in [3.8, 4) is 0 Å². The molecule has 0 bridgehead atoms. The molecule has 0 heterocycles. The smallest absolute Gasteiger partial charge is 0.0603 e. The van der Waals surface area contributed by atoms with Gasteiger partial charge in [0.05, 0.1) is 10.0 Å². The Balaban J connectivity index is 2.32. The fraction of sp³-hybridized carbons (Fsp3) is 0.143. The van der Waals surface area contributed by atoms with Crippen molar-refractivity contribution in [2.45, 2.75) is 16.2 Å². The van der Waals surface area contributed by atoms with Crippen LogP contribution in [-0.2, 0) is 6.42 Å². The number of hydrogen-bond donors (Lipinski definition) is 1. The summed E-state index contributed by atoms with van der Waals surface area (Å²) in [6.45, 7) is 0.568. The molecule has 0 spiro atoms. The van der Waals surface area contributed by atoms with Gasteiger partial charge in [0, 0.05) is 14.8 Å². The van der Waals surface area contributed by atoms with Crippen LogP contribution in [0.3, 0.4) is 0 Å². The second-order valence-electron chi connectivity index (χ2n) is 3.93. The van der Waals surface area contributed by atoms with Gasteiger partial charge < -0.3 is 5.73 Å². The van der Waals surface area contributed by atoms with Gasteiger partial charge in [-0.25, -0.2) is 0 Å². The molecule has 0 aliphatic heterocycles. The van der Waals surface area contributed by atoms with E-state index >= 15 is 0 Å². The molecule has 2 aromatic carbocycles. The first-order chi connectivity index (χ1) is 9.11. The molecule has 2 rings (SSSR count). The lowest BCUT2D eigenvalue weighted by Gasteiger charge is -2.10. The van der Waals surface area contributed by atoms with Crippen molar-refractivity contribution in [1.82, 2.24) is 0 Å². The zero-order valence-corrected chi connectivity index (χ0v) is 13.1. The predicted molar refractivity (Wildman–Crippen MR) is 84.8 cm³/mol. The molecule has 2 aromatic rings. The lowest BCUT2D eigenvalue weighted by atomic mass is 10.1. The maximum absolute atomic E-state index is 6.21. The summed E-state index contributed by atoms with van der Waals surface area (Å²) in [5.41, 5.74) is 6.70. The minimum atomic E-state index is 0.550. The molecular weight excluding hydrogens is 321 g/mol. The molecule has 1 nitrogen and oxygen atoms in total. The number of halogens is 3. The van der Waals surface area contributed by atoms with E-state index in [0.29, 0.717) is 16.6 Å². The molecule has 5 heteroatoms. The lowest BCUT2D eigenvalue weighted by Crippen LogP contribution is -2.04. The van der Waals surface area contributed by atoms with E-state index < -0.39 is 0 Å². The van der Waals surface area contributed by atoms with Crippen LogP contribution < -0.4 is 5.73 Å². The summed E-state index contributed by atoms with van der Waals surface area (Å²) < 4.78 is 0. The third kappa shape index (κ3) is 3.80. The fourth-order valence-corrected chi connectivity index (χ4v) is 3.43. The van der Waals surface area contributed by atoms with Crippen LogP contribution in [0.1, 0.15) is 5.56 Å². The van der Waals surface area contributed by atoms with Crippen LogP contribution in [0.2, 0.25) is 15.1 Å². The Kier molecular flexibility index (Phi) is 5.43. The van der Waals surface area contributed by atoms with E-state index in [9.17, 15) is 0 Å². The fourth-order valence-electron chi connectivity index (χ4n) is 1.69. The van der Waals surface area contributed by atoms with Gasteiger partial charge in [0.1, 0.15) is 0 Å². The Bertz CT molecular complexity index is 587. The number of rotatable bonds is 4. The van der Waals surface area contributed by atoms with Crippen molar-refractivity contribution in [1.29, 1.82) is 0 Å². The molecule has 0 aliphatic rings. The van der Waals surface area contributed by atoms with Crippen LogP contribution in [0.4, 0.5) is 0 Å². The molecule has 0 aliphatic carbocycles. The van der Waals surface area contributed by atoms with Gasteiger partial charge in [-0.15, -0.1) is 0 Å². The Labute approximate surface area is 132 Å². The topological polar surface area (TPSA) is 26.0 Å². The van der Waals surface area contributed by atoms with E-state index in [2.05, 4.69) is 0 Å². The van der Waals surface area contributed by atoms with Gasteiger partial charge in [-0.05, 0) is 48.9 Å². The van der Waals surface area contributed by atoms with Gasteiger partial charge in [0.2, 0.25) is 0 Å². The summed E-state index contributed by atoms with van der Waals surface area (Å²) in [7, 11) is 0. The SMILES string of the molecule is NCCc1c(Cl)cccc1Sc1ccc(Cl)c(Cl)c1. The average Bonchev–Trinajstić information content (AvgIpc) is 2.38. The van der Waals surface area contributed by atoms with E-state index in [1.165, 1.54) is 0 Å². The zero-order valence-electron chi connectivity index (χ0n) is 10.00. The highest BCUT2D eigenvalue weighted by molar-refractivity contribution is 7.99. The molecule has 100 valence electrons. The van der Waals surface area contributed by atoms with Crippen LogP contribution in [0, 0.1) is 0 Å². The van der Waals surface area contributed by atoms with Crippen molar-refractivity contribution in [3.63, 3.8) is 0 Å². The van der Waals surface area contributed by atoms with Crippen molar-refractivity contribution >= 4 is 46.6 Å². The summed E-state index contributed by atoms with van der Waals surface area (Å²) in [5, 5.41) is 1.85. The maximum atomic E-state index is 6.21. The highest BCUT2D eigenvalue weighted by Crippen LogP contribution is 2.36. The van der Waals surface area contributed by atoms with Crippen LogP contribution in [0.5, 0.6) is 0 Å². The first kappa shape index (κ1) is 15.0. The van der Waals surface area contributed by atoms with Crippen molar-refractivity contribution in [3.05, 3.63) is 57.0 Å². The summed E-state index contributed by atoms with van der Waals surface area (Å²) in [6.07, 6.45) is 0.753. The predicted octanol–water partition coefficient (Wildman–Crippen LogP) is 5.30. The van der Waals surface area contributed by atoms with Crippen molar-refractivity contribution < 1.29 is 0 Å². The maximum Gasteiger partial charge on any atom is 0.0603 e. The van der Waals surface area contributed by atoms with Gasteiger partial charge in [-0.2, -0.15) is 0 Å². The van der Waals surface area contributed by atoms with Crippen LogP contribution >= 0.6 is 46.6 Å². The summed E-state index contributed by atoms with van der Waals surface area (Å²) in [4.78, 5) is 2.12. The first-order valence-corrected chi connectivity index (χ1v) is 7.67. The Morgan fingerprint density at radius 2 is 1.74 bits per heavy atom. The summed E-state index contributed by atoms with van der Waals surface area (Å²) in [6, 6.07) is 11.4. The van der Waals surface area contributed by atoms with Crippen molar-refractivity contribution in [2.24, 2.45) is 5.73 Å². The lowest BCUT2D eigenvalue weighted by molar-refractivity contribution is 0.944. The molecule has 2 N–H and O–H groups in total. The third-order valence-corrected chi connectivity index (χ3v) is 4.77. The largest absolute Gasteiger partial charge is 0.330 e. The van der Waals surface area contributed by atoms with E-state index in [0.717, 1.165) is 26.8 Å². The molecule has 0 aromatic heterocycles. The van der Waals surface area contributed by atoms with Gasteiger partial charge in [-0.1, -0.05) is 52.6 Å². The van der Waals surface area contributed by atoms with Gasteiger partial charge in [0.25, 0.3) is 0 Å². The quantitative estimate of drug-likeness (QED) is 0.822. The highest BCUT2D eigenvalue weighted by Gasteiger charge is 2.09. The Morgan fingerprint density at radius 1 is 0.947 bits per heavy atom. The zero-order chi connectivity index (χ0) is 13.8. The van der Waals surface area contributed by atoms with E-state index in [-0.39, 0.29) is 0 Å². The van der Waals surface area contributed by atoms with E-state index in [4.69, 9.17) is 40.5 Å². The van der Waals surface area contributed by atoms with E-state index in [1.807, 2.05) is 30.3 Å². The molecule has 0 atom stereocenters. The average molecular weight is 333 g/mol. The Hall–Kier alpha value is -0.380. The normalized spacial score (nSPS) is 10.7. The Morgan fingerprint density at radius 3 is 2.42 bits per heavy atom. The minimum Gasteiger partial charge on any atom is -0.330 e. The molecule has 0 saturated carbocycles. The number of nitrogens with two attached hydrogens (primary N) is 1. The van der Waals surface area contributed by atoms with Gasteiger partial charge in [0.15, 0.2) is 0 Å². The molecule has 0 unspecified atom stereocenters. The van der Waals surface area contributed by atoms with Gasteiger partial charge >= 0.3 is 0 Å². The molecule has 0 radical (unpaired) electrons. The number of hydrogen-bond acceptors (Lipinski definition) is 2. The first-order valence-electron chi connectivity index (χ1n) is 5.72. The third-order valence-electron chi connectivity index (χ3n) is 2.59.